The maximum absolute atomic E-state index is 13.2. The summed E-state index contributed by atoms with van der Waals surface area (Å²) in [5, 5.41) is 2.51. The molecule has 1 amide bonds. The molecule has 4 nitrogen and oxygen atoms in total. The molecule has 1 atom stereocenters. The molecule has 2 rings (SSSR count). The van der Waals surface area contributed by atoms with Crippen molar-refractivity contribution in [1.82, 2.24) is 0 Å². The van der Waals surface area contributed by atoms with Gasteiger partial charge in [-0.25, -0.2) is 8.78 Å². The van der Waals surface area contributed by atoms with Crippen LogP contribution in [0, 0.1) is 11.6 Å². The smallest absolute Gasteiger partial charge is 0.265 e. The van der Waals surface area contributed by atoms with Crippen LogP contribution in [-0.4, -0.2) is 19.1 Å². The van der Waals surface area contributed by atoms with Crippen molar-refractivity contribution in [2.45, 2.75) is 19.4 Å². The molecule has 2 aromatic rings. The maximum atomic E-state index is 13.2. The SMILES string of the molecule is CC[C@H](Oc1cccc(OC)c1)C(=O)Nc1ccc(F)c(F)c1. The van der Waals surface area contributed by atoms with Gasteiger partial charge < -0.3 is 14.8 Å². The molecule has 0 fully saturated rings. The van der Waals surface area contributed by atoms with Crippen molar-refractivity contribution in [3.8, 4) is 11.5 Å². The van der Waals surface area contributed by atoms with Gasteiger partial charge in [0.25, 0.3) is 5.91 Å². The summed E-state index contributed by atoms with van der Waals surface area (Å²) in [6.07, 6.45) is -0.359. The first-order valence-electron chi connectivity index (χ1n) is 7.10. The minimum atomic E-state index is -1.02. The molecule has 0 spiro atoms. The molecule has 0 aliphatic heterocycles. The van der Waals surface area contributed by atoms with E-state index in [9.17, 15) is 13.6 Å². The third kappa shape index (κ3) is 4.42. The predicted molar refractivity (Wildman–Crippen MR) is 82.7 cm³/mol. The molecule has 0 heterocycles. The van der Waals surface area contributed by atoms with E-state index >= 15 is 0 Å². The summed E-state index contributed by atoms with van der Waals surface area (Å²) < 4.78 is 36.8. The third-order valence-electron chi connectivity index (χ3n) is 3.17. The molecule has 0 aliphatic rings. The van der Waals surface area contributed by atoms with E-state index in [0.29, 0.717) is 17.9 Å². The minimum absolute atomic E-state index is 0.168. The Morgan fingerprint density at radius 3 is 2.52 bits per heavy atom. The van der Waals surface area contributed by atoms with Gasteiger partial charge in [-0.3, -0.25) is 4.79 Å². The van der Waals surface area contributed by atoms with Gasteiger partial charge in [0.1, 0.15) is 11.5 Å². The van der Waals surface area contributed by atoms with Gasteiger partial charge in [-0.2, -0.15) is 0 Å². The zero-order chi connectivity index (χ0) is 16.8. The first-order valence-corrected chi connectivity index (χ1v) is 7.10. The Kier molecular flexibility index (Phi) is 5.51. The third-order valence-corrected chi connectivity index (χ3v) is 3.17. The average Bonchev–Trinajstić information content (AvgIpc) is 2.56. The molecule has 0 aliphatic carbocycles. The highest BCUT2D eigenvalue weighted by Crippen LogP contribution is 2.21. The molecule has 0 bridgehead atoms. The quantitative estimate of drug-likeness (QED) is 0.881. The van der Waals surface area contributed by atoms with Gasteiger partial charge in [-0.15, -0.1) is 0 Å². The number of rotatable bonds is 6. The first-order chi connectivity index (χ1) is 11.0. The zero-order valence-electron chi connectivity index (χ0n) is 12.8. The lowest BCUT2D eigenvalue weighted by Crippen LogP contribution is -2.32. The summed E-state index contributed by atoms with van der Waals surface area (Å²) in [5.41, 5.74) is 0.168. The summed E-state index contributed by atoms with van der Waals surface area (Å²) in [6.45, 7) is 1.79. The second-order valence-electron chi connectivity index (χ2n) is 4.81. The number of hydrogen-bond donors (Lipinski definition) is 1. The molecule has 0 radical (unpaired) electrons. The van der Waals surface area contributed by atoms with Gasteiger partial charge in [0.15, 0.2) is 17.7 Å². The Morgan fingerprint density at radius 1 is 1.13 bits per heavy atom. The van der Waals surface area contributed by atoms with Crippen LogP contribution in [0.1, 0.15) is 13.3 Å². The van der Waals surface area contributed by atoms with Crippen LogP contribution in [0.2, 0.25) is 0 Å². The standard InChI is InChI=1S/C17H17F2NO3/c1-3-16(23-13-6-4-5-12(10-13)22-2)17(21)20-11-7-8-14(18)15(19)9-11/h4-10,16H,3H2,1-2H3,(H,20,21)/t16-/m0/s1. The number of nitrogens with one attached hydrogen (secondary N) is 1. The van der Waals surface area contributed by atoms with Crippen molar-refractivity contribution in [2.75, 3.05) is 12.4 Å². The van der Waals surface area contributed by atoms with E-state index in [4.69, 9.17) is 9.47 Å². The molecule has 6 heteroatoms. The van der Waals surface area contributed by atoms with E-state index in [0.717, 1.165) is 12.1 Å². The van der Waals surface area contributed by atoms with Crippen LogP contribution in [0.4, 0.5) is 14.5 Å². The van der Waals surface area contributed by atoms with Gasteiger partial charge >= 0.3 is 0 Å². The number of anilines is 1. The molecule has 1 N–H and O–H groups in total. The van der Waals surface area contributed by atoms with Crippen LogP contribution >= 0.6 is 0 Å². The van der Waals surface area contributed by atoms with Crippen molar-refractivity contribution >= 4 is 11.6 Å². The predicted octanol–water partition coefficient (Wildman–Crippen LogP) is 3.77. The van der Waals surface area contributed by atoms with Gasteiger partial charge in [0, 0.05) is 17.8 Å². The highest BCUT2D eigenvalue weighted by atomic mass is 19.2. The number of carbonyl (C=O) groups excluding carboxylic acids is 1. The number of benzene rings is 2. The molecular formula is C17H17F2NO3. The summed E-state index contributed by atoms with van der Waals surface area (Å²) in [7, 11) is 1.53. The van der Waals surface area contributed by atoms with Crippen molar-refractivity contribution in [3.05, 3.63) is 54.1 Å². The van der Waals surface area contributed by atoms with Crippen LogP contribution in [-0.2, 0) is 4.79 Å². The topological polar surface area (TPSA) is 47.6 Å². The molecule has 2 aromatic carbocycles. The van der Waals surface area contributed by atoms with E-state index < -0.39 is 23.6 Å². The van der Waals surface area contributed by atoms with Crippen LogP contribution in [0.5, 0.6) is 11.5 Å². The average molecular weight is 321 g/mol. The molecule has 0 aromatic heterocycles. The number of carbonyl (C=O) groups is 1. The number of ether oxygens (including phenoxy) is 2. The van der Waals surface area contributed by atoms with E-state index in [-0.39, 0.29) is 5.69 Å². The van der Waals surface area contributed by atoms with Crippen LogP contribution in [0.25, 0.3) is 0 Å². The Bertz CT molecular complexity index is 691. The number of methoxy groups -OCH3 is 1. The Balaban J connectivity index is 2.07. The number of hydrogen-bond acceptors (Lipinski definition) is 3. The van der Waals surface area contributed by atoms with Crippen LogP contribution in [0.15, 0.2) is 42.5 Å². The van der Waals surface area contributed by atoms with Gasteiger partial charge in [-0.05, 0) is 30.7 Å². The normalized spacial score (nSPS) is 11.7. The Labute approximate surface area is 133 Å². The number of amides is 1. The largest absolute Gasteiger partial charge is 0.497 e. The van der Waals surface area contributed by atoms with Crippen molar-refractivity contribution in [1.29, 1.82) is 0 Å². The lowest BCUT2D eigenvalue weighted by Gasteiger charge is -2.17. The zero-order valence-corrected chi connectivity index (χ0v) is 12.8. The van der Waals surface area contributed by atoms with Crippen LogP contribution in [0.3, 0.4) is 0 Å². The molecule has 0 saturated heterocycles. The highest BCUT2D eigenvalue weighted by molar-refractivity contribution is 5.94. The number of halogens is 2. The lowest BCUT2D eigenvalue weighted by atomic mass is 10.2. The summed E-state index contributed by atoms with van der Waals surface area (Å²) in [4.78, 5) is 12.2. The van der Waals surface area contributed by atoms with Gasteiger partial charge in [0.2, 0.25) is 0 Å². The fourth-order valence-electron chi connectivity index (χ4n) is 1.96. The lowest BCUT2D eigenvalue weighted by molar-refractivity contribution is -0.122. The van der Waals surface area contributed by atoms with Crippen molar-refractivity contribution in [2.24, 2.45) is 0 Å². The fourth-order valence-corrected chi connectivity index (χ4v) is 1.96. The van der Waals surface area contributed by atoms with Crippen molar-refractivity contribution in [3.63, 3.8) is 0 Å². The highest BCUT2D eigenvalue weighted by Gasteiger charge is 2.19. The van der Waals surface area contributed by atoms with Crippen LogP contribution < -0.4 is 14.8 Å². The van der Waals surface area contributed by atoms with E-state index in [1.807, 2.05) is 0 Å². The minimum Gasteiger partial charge on any atom is -0.497 e. The second-order valence-corrected chi connectivity index (χ2v) is 4.81. The Morgan fingerprint density at radius 2 is 1.87 bits per heavy atom. The Hall–Kier alpha value is -2.63. The van der Waals surface area contributed by atoms with E-state index in [1.54, 1.807) is 31.2 Å². The molecule has 0 unspecified atom stereocenters. The van der Waals surface area contributed by atoms with Crippen molar-refractivity contribution < 1.29 is 23.0 Å². The van der Waals surface area contributed by atoms with Gasteiger partial charge in [-0.1, -0.05) is 13.0 Å². The molecule has 23 heavy (non-hydrogen) atoms. The van der Waals surface area contributed by atoms with E-state index in [2.05, 4.69) is 5.32 Å². The van der Waals surface area contributed by atoms with E-state index in [1.165, 1.54) is 13.2 Å². The van der Waals surface area contributed by atoms with Gasteiger partial charge in [0.05, 0.1) is 7.11 Å². The maximum Gasteiger partial charge on any atom is 0.265 e. The summed E-state index contributed by atoms with van der Waals surface area (Å²) in [6, 6.07) is 10.0. The molecular weight excluding hydrogens is 304 g/mol. The monoisotopic (exact) mass is 321 g/mol. The molecule has 122 valence electrons. The summed E-state index contributed by atoms with van der Waals surface area (Å²) in [5.74, 6) is -1.34. The fraction of sp³-hybridized carbons (Fsp3) is 0.235. The second kappa shape index (κ2) is 7.58. The summed E-state index contributed by atoms with van der Waals surface area (Å²) >= 11 is 0. The first kappa shape index (κ1) is 16.7. The molecule has 0 saturated carbocycles.